The Labute approximate surface area is 136 Å². The molecule has 0 saturated heterocycles. The predicted molar refractivity (Wildman–Crippen MR) is 93.6 cm³/mol. The molecule has 0 bridgehead atoms. The van der Waals surface area contributed by atoms with Gasteiger partial charge in [-0.05, 0) is 19.4 Å². The summed E-state index contributed by atoms with van der Waals surface area (Å²) in [5.74, 6) is 1.88. The molecule has 0 saturated carbocycles. The fraction of sp³-hybridized carbons (Fsp3) is 0.562. The van der Waals surface area contributed by atoms with Crippen molar-refractivity contribution in [2.75, 3.05) is 32.6 Å². The highest BCUT2D eigenvalue weighted by Crippen LogP contribution is 2.02. The molecule has 0 aliphatic carbocycles. The fourth-order valence-electron chi connectivity index (χ4n) is 1.94. The van der Waals surface area contributed by atoms with Crippen LogP contribution in [0.2, 0.25) is 0 Å². The van der Waals surface area contributed by atoms with Gasteiger partial charge in [0.25, 0.3) is 0 Å². The number of aliphatic imine (C=N–C) groups is 1. The molecule has 124 valence electrons. The van der Waals surface area contributed by atoms with E-state index in [-0.39, 0.29) is 6.04 Å². The minimum absolute atomic E-state index is 0.178. The summed E-state index contributed by atoms with van der Waals surface area (Å²) in [5, 5.41) is 6.44. The van der Waals surface area contributed by atoms with Crippen molar-refractivity contribution in [3.8, 4) is 0 Å². The summed E-state index contributed by atoms with van der Waals surface area (Å²) in [6.07, 6.45) is 0. The van der Waals surface area contributed by atoms with Gasteiger partial charge in [0, 0.05) is 42.0 Å². The van der Waals surface area contributed by atoms with Crippen LogP contribution in [0, 0.1) is 0 Å². The van der Waals surface area contributed by atoms with Crippen molar-refractivity contribution in [2.24, 2.45) is 4.99 Å². The first kappa shape index (κ1) is 18.6. The van der Waals surface area contributed by atoms with E-state index in [2.05, 4.69) is 15.6 Å². The zero-order valence-electron chi connectivity index (χ0n) is 13.7. The van der Waals surface area contributed by atoms with E-state index in [0.29, 0.717) is 24.7 Å². The number of nitrogens with one attached hydrogen (secondary N) is 2. The first-order valence-electron chi connectivity index (χ1n) is 7.58. The first-order chi connectivity index (χ1) is 10.7. The maximum Gasteiger partial charge on any atom is 0.191 e. The molecular formula is C16H27N3O2S. The molecule has 0 amide bonds. The molecule has 0 radical (unpaired) electrons. The normalized spacial score (nSPS) is 14.4. The van der Waals surface area contributed by atoms with Crippen molar-refractivity contribution in [3.63, 3.8) is 0 Å². The summed E-state index contributed by atoms with van der Waals surface area (Å²) < 4.78 is 17.2. The smallest absolute Gasteiger partial charge is 0.191 e. The molecule has 1 aromatic carbocycles. The second-order valence-electron chi connectivity index (χ2n) is 5.04. The summed E-state index contributed by atoms with van der Waals surface area (Å²) in [4.78, 5) is 4.46. The van der Waals surface area contributed by atoms with Crippen molar-refractivity contribution < 1.29 is 8.95 Å². The topological polar surface area (TPSA) is 62.7 Å². The molecule has 22 heavy (non-hydrogen) atoms. The number of rotatable bonds is 9. The molecular weight excluding hydrogens is 298 g/mol. The van der Waals surface area contributed by atoms with Gasteiger partial charge >= 0.3 is 0 Å². The standard InChI is InChI=1S/C16H27N3O2S/c1-4-17-16(19-14(2)12-21-3)18-10-11-22(20)13-15-8-6-5-7-9-15/h5-9,14H,4,10-13H2,1-3H3,(H2,17,18,19). The van der Waals surface area contributed by atoms with Crippen molar-refractivity contribution >= 4 is 16.8 Å². The van der Waals surface area contributed by atoms with Gasteiger partial charge in [0.05, 0.1) is 13.2 Å². The van der Waals surface area contributed by atoms with Crippen LogP contribution in [0.25, 0.3) is 0 Å². The Hall–Kier alpha value is -1.40. The van der Waals surface area contributed by atoms with E-state index in [9.17, 15) is 4.21 Å². The average molecular weight is 325 g/mol. The molecule has 0 aliphatic rings. The Kier molecular flexibility index (Phi) is 9.50. The molecule has 1 aromatic rings. The monoisotopic (exact) mass is 325 g/mol. The second-order valence-corrected chi connectivity index (χ2v) is 6.61. The lowest BCUT2D eigenvalue weighted by atomic mass is 10.2. The Morgan fingerprint density at radius 3 is 2.73 bits per heavy atom. The van der Waals surface area contributed by atoms with Gasteiger partial charge in [-0.25, -0.2) is 0 Å². The van der Waals surface area contributed by atoms with E-state index in [1.165, 1.54) is 0 Å². The number of benzene rings is 1. The molecule has 0 aliphatic heterocycles. The maximum atomic E-state index is 12.1. The van der Waals surface area contributed by atoms with E-state index in [1.807, 2.05) is 44.2 Å². The van der Waals surface area contributed by atoms with E-state index >= 15 is 0 Å². The van der Waals surface area contributed by atoms with Gasteiger partial charge in [0.15, 0.2) is 5.96 Å². The van der Waals surface area contributed by atoms with Crippen molar-refractivity contribution in [1.82, 2.24) is 10.6 Å². The summed E-state index contributed by atoms with van der Waals surface area (Å²) in [6, 6.07) is 10.1. The average Bonchev–Trinajstić information content (AvgIpc) is 2.48. The number of ether oxygens (including phenoxy) is 1. The molecule has 0 heterocycles. The lowest BCUT2D eigenvalue weighted by Crippen LogP contribution is -2.44. The highest BCUT2D eigenvalue weighted by atomic mass is 32.2. The van der Waals surface area contributed by atoms with Crippen LogP contribution in [0.15, 0.2) is 35.3 Å². The SMILES string of the molecule is CCNC(=NCCS(=O)Cc1ccccc1)NC(C)COC. The Balaban J connectivity index is 2.40. The van der Waals surface area contributed by atoms with Gasteiger partial charge in [-0.15, -0.1) is 0 Å². The number of methoxy groups -OCH3 is 1. The third kappa shape index (κ3) is 8.14. The van der Waals surface area contributed by atoms with Crippen molar-refractivity contribution in [2.45, 2.75) is 25.6 Å². The number of guanidine groups is 1. The predicted octanol–water partition coefficient (Wildman–Crippen LogP) is 1.53. The summed E-state index contributed by atoms with van der Waals surface area (Å²) in [6.45, 7) is 5.99. The molecule has 0 aromatic heterocycles. The van der Waals surface area contributed by atoms with Crippen molar-refractivity contribution in [3.05, 3.63) is 35.9 Å². The van der Waals surface area contributed by atoms with Crippen molar-refractivity contribution in [1.29, 1.82) is 0 Å². The molecule has 6 heteroatoms. The molecule has 0 fully saturated rings. The quantitative estimate of drug-likeness (QED) is 0.534. The Bertz CT molecular complexity index is 466. The molecule has 2 atom stereocenters. The van der Waals surface area contributed by atoms with Crippen LogP contribution in [0.4, 0.5) is 0 Å². The van der Waals surface area contributed by atoms with Crippen LogP contribution >= 0.6 is 0 Å². The van der Waals surface area contributed by atoms with E-state index in [1.54, 1.807) is 7.11 Å². The van der Waals surface area contributed by atoms with Gasteiger partial charge in [0.1, 0.15) is 0 Å². The molecule has 5 nitrogen and oxygen atoms in total. The molecule has 2 unspecified atom stereocenters. The highest BCUT2D eigenvalue weighted by molar-refractivity contribution is 7.84. The zero-order valence-corrected chi connectivity index (χ0v) is 14.5. The molecule has 1 rings (SSSR count). The molecule has 0 spiro atoms. The van der Waals surface area contributed by atoms with Gasteiger partial charge in [-0.2, -0.15) is 0 Å². The van der Waals surface area contributed by atoms with Crippen LogP contribution in [0.1, 0.15) is 19.4 Å². The molecule has 2 N–H and O–H groups in total. The van der Waals surface area contributed by atoms with E-state index in [4.69, 9.17) is 4.74 Å². The largest absolute Gasteiger partial charge is 0.383 e. The number of hydrogen-bond donors (Lipinski definition) is 2. The number of hydrogen-bond acceptors (Lipinski definition) is 3. The van der Waals surface area contributed by atoms with Gasteiger partial charge in [0.2, 0.25) is 0 Å². The summed E-state index contributed by atoms with van der Waals surface area (Å²) in [5.41, 5.74) is 1.10. The van der Waals surface area contributed by atoms with Gasteiger partial charge in [-0.1, -0.05) is 30.3 Å². The van der Waals surface area contributed by atoms with Crippen LogP contribution in [0.5, 0.6) is 0 Å². The second kappa shape index (κ2) is 11.2. The Morgan fingerprint density at radius 1 is 1.36 bits per heavy atom. The fourth-order valence-corrected chi connectivity index (χ4v) is 2.94. The minimum Gasteiger partial charge on any atom is -0.383 e. The Morgan fingerprint density at radius 2 is 2.09 bits per heavy atom. The summed E-state index contributed by atoms with van der Waals surface area (Å²) >= 11 is 0. The van der Waals surface area contributed by atoms with Crippen LogP contribution in [-0.4, -0.2) is 48.8 Å². The summed E-state index contributed by atoms with van der Waals surface area (Å²) in [7, 11) is 0.781. The maximum absolute atomic E-state index is 12.1. The number of nitrogens with zero attached hydrogens (tertiary/aromatic N) is 1. The van der Waals surface area contributed by atoms with E-state index in [0.717, 1.165) is 18.1 Å². The minimum atomic E-state index is -0.895. The zero-order chi connectivity index (χ0) is 16.2. The lowest BCUT2D eigenvalue weighted by Gasteiger charge is -2.16. The van der Waals surface area contributed by atoms with Crippen LogP contribution in [-0.2, 0) is 21.3 Å². The first-order valence-corrected chi connectivity index (χ1v) is 9.07. The van der Waals surface area contributed by atoms with Crippen LogP contribution < -0.4 is 10.6 Å². The van der Waals surface area contributed by atoms with Gasteiger partial charge < -0.3 is 15.4 Å². The third-order valence-electron chi connectivity index (χ3n) is 2.90. The van der Waals surface area contributed by atoms with Gasteiger partial charge in [-0.3, -0.25) is 9.20 Å². The highest BCUT2D eigenvalue weighted by Gasteiger charge is 2.05. The van der Waals surface area contributed by atoms with Crippen LogP contribution in [0.3, 0.4) is 0 Å². The lowest BCUT2D eigenvalue weighted by molar-refractivity contribution is 0.179. The third-order valence-corrected chi connectivity index (χ3v) is 4.20. The van der Waals surface area contributed by atoms with E-state index < -0.39 is 10.8 Å².